The van der Waals surface area contributed by atoms with Gasteiger partial charge in [-0.05, 0) is 25.5 Å². The van der Waals surface area contributed by atoms with Crippen LogP contribution in [0.3, 0.4) is 0 Å². The SMILES string of the molecule is Cc1ncsc1C(=O)N1Cc2cc(C3=C(C(=O)O)N4C(=O)[C@H]([C@@H](C)O)[C@H]4[C@H]3C)sc2C1. The molecule has 0 spiro atoms. The van der Waals surface area contributed by atoms with E-state index in [1.807, 2.05) is 19.9 Å². The van der Waals surface area contributed by atoms with Crippen LogP contribution in [0.15, 0.2) is 17.3 Å². The molecule has 162 valence electrons. The summed E-state index contributed by atoms with van der Waals surface area (Å²) in [5.74, 6) is -2.28. The third-order valence-corrected chi connectivity index (χ3v) is 8.57. The number of thiazole rings is 1. The molecule has 5 rings (SSSR count). The number of aliphatic hydroxyl groups is 1. The predicted octanol–water partition coefficient (Wildman–Crippen LogP) is 2.32. The molecule has 2 amide bonds. The maximum absolute atomic E-state index is 12.8. The van der Waals surface area contributed by atoms with Crippen molar-refractivity contribution < 1.29 is 24.6 Å². The van der Waals surface area contributed by atoms with Crippen LogP contribution in [0, 0.1) is 18.8 Å². The number of nitrogens with zero attached hydrogens (tertiary/aromatic N) is 3. The molecule has 0 bridgehead atoms. The predicted molar refractivity (Wildman–Crippen MR) is 114 cm³/mol. The average Bonchev–Trinajstić information content (AvgIpc) is 3.41. The maximum atomic E-state index is 12.8. The van der Waals surface area contributed by atoms with Gasteiger partial charge in [0.2, 0.25) is 5.91 Å². The number of carboxylic acid groups (broad SMARTS) is 1. The van der Waals surface area contributed by atoms with E-state index in [4.69, 9.17) is 0 Å². The van der Waals surface area contributed by atoms with E-state index in [0.717, 1.165) is 21.0 Å². The standard InChI is InChI=1S/C21H21N3O5S2/c1-8-14(17(21(28)29)24-16(8)15(10(3)25)19(24)26)12-4-11-5-23(6-13(11)31-12)20(27)18-9(2)22-7-30-18/h4,7-8,10,15-16,25H,5-6H2,1-3H3,(H,28,29)/t8-,10+,15+,16+/m0/s1. The van der Waals surface area contributed by atoms with Gasteiger partial charge in [-0.25, -0.2) is 9.78 Å². The highest BCUT2D eigenvalue weighted by Gasteiger charge is 2.60. The van der Waals surface area contributed by atoms with E-state index in [0.29, 0.717) is 23.5 Å². The molecule has 0 aliphatic carbocycles. The maximum Gasteiger partial charge on any atom is 0.352 e. The number of aromatic nitrogens is 1. The summed E-state index contributed by atoms with van der Waals surface area (Å²) in [6.07, 6.45) is -0.825. The van der Waals surface area contributed by atoms with E-state index in [1.54, 1.807) is 17.3 Å². The Kier molecular flexibility index (Phi) is 4.58. The van der Waals surface area contributed by atoms with Gasteiger partial charge in [0.25, 0.3) is 5.91 Å². The number of carboxylic acids is 1. The molecule has 8 nitrogen and oxygen atoms in total. The van der Waals surface area contributed by atoms with Crippen molar-refractivity contribution in [3.8, 4) is 0 Å². The second kappa shape index (κ2) is 6.98. The normalized spacial score (nSPS) is 25.5. The monoisotopic (exact) mass is 459 g/mol. The molecule has 0 saturated carbocycles. The number of rotatable bonds is 4. The summed E-state index contributed by atoms with van der Waals surface area (Å²) in [4.78, 5) is 47.2. The minimum absolute atomic E-state index is 0.0209. The Morgan fingerprint density at radius 3 is 2.65 bits per heavy atom. The van der Waals surface area contributed by atoms with Gasteiger partial charge in [-0.1, -0.05) is 6.92 Å². The summed E-state index contributed by atoms with van der Waals surface area (Å²) >= 11 is 2.82. The van der Waals surface area contributed by atoms with Crippen molar-refractivity contribution in [1.29, 1.82) is 0 Å². The molecule has 2 aromatic heterocycles. The van der Waals surface area contributed by atoms with Crippen LogP contribution >= 0.6 is 22.7 Å². The largest absolute Gasteiger partial charge is 0.477 e. The zero-order valence-electron chi connectivity index (χ0n) is 17.2. The van der Waals surface area contributed by atoms with Crippen LogP contribution in [0.4, 0.5) is 0 Å². The number of amides is 2. The number of hydrogen-bond donors (Lipinski definition) is 2. The molecule has 4 atom stereocenters. The third-order valence-electron chi connectivity index (χ3n) is 6.46. The summed E-state index contributed by atoms with van der Waals surface area (Å²) in [7, 11) is 0. The Morgan fingerprint density at radius 1 is 1.32 bits per heavy atom. The molecule has 0 radical (unpaired) electrons. The Labute approximate surface area is 186 Å². The van der Waals surface area contributed by atoms with Gasteiger partial charge in [-0.3, -0.25) is 9.59 Å². The minimum Gasteiger partial charge on any atom is -0.477 e. The zero-order valence-corrected chi connectivity index (χ0v) is 18.8. The minimum atomic E-state index is -1.13. The second-order valence-electron chi connectivity index (χ2n) is 8.31. The number of aliphatic hydroxyl groups excluding tert-OH is 1. The molecule has 1 saturated heterocycles. The Bertz CT molecular complexity index is 1140. The second-order valence-corrected chi connectivity index (χ2v) is 10.3. The highest BCUT2D eigenvalue weighted by Crippen LogP contribution is 2.52. The van der Waals surface area contributed by atoms with Crippen LogP contribution in [0.2, 0.25) is 0 Å². The van der Waals surface area contributed by atoms with Gasteiger partial charge in [-0.2, -0.15) is 0 Å². The van der Waals surface area contributed by atoms with Crippen LogP contribution in [0.25, 0.3) is 5.57 Å². The van der Waals surface area contributed by atoms with Crippen molar-refractivity contribution in [2.45, 2.75) is 46.0 Å². The summed E-state index contributed by atoms with van der Waals surface area (Å²) in [5, 5.41) is 19.9. The summed E-state index contributed by atoms with van der Waals surface area (Å²) in [5.41, 5.74) is 4.06. The molecular formula is C21H21N3O5S2. The Hall–Kier alpha value is -2.56. The summed E-state index contributed by atoms with van der Waals surface area (Å²) in [6.45, 7) is 6.25. The number of thiophene rings is 1. The van der Waals surface area contributed by atoms with E-state index in [1.165, 1.54) is 27.6 Å². The number of β-lactam (4-membered cyclic amide) rings is 1. The summed E-state index contributed by atoms with van der Waals surface area (Å²) in [6, 6.07) is 1.62. The van der Waals surface area contributed by atoms with Crippen LogP contribution < -0.4 is 0 Å². The highest BCUT2D eigenvalue weighted by molar-refractivity contribution is 7.13. The van der Waals surface area contributed by atoms with Crippen molar-refractivity contribution in [2.75, 3.05) is 0 Å². The van der Waals surface area contributed by atoms with Crippen molar-refractivity contribution in [1.82, 2.24) is 14.8 Å². The molecule has 31 heavy (non-hydrogen) atoms. The van der Waals surface area contributed by atoms with E-state index in [9.17, 15) is 24.6 Å². The van der Waals surface area contributed by atoms with Crippen molar-refractivity contribution in [3.63, 3.8) is 0 Å². The number of fused-ring (bicyclic) bond motifs is 2. The van der Waals surface area contributed by atoms with Crippen LogP contribution in [0.5, 0.6) is 0 Å². The fraction of sp³-hybridized carbons (Fsp3) is 0.429. The summed E-state index contributed by atoms with van der Waals surface area (Å²) < 4.78 is 0. The molecule has 1 fully saturated rings. The van der Waals surface area contributed by atoms with Gasteiger partial charge in [0.05, 0.1) is 35.8 Å². The molecule has 0 unspecified atom stereocenters. The van der Waals surface area contributed by atoms with Crippen LogP contribution in [0.1, 0.15) is 44.5 Å². The first kappa shape index (κ1) is 20.3. The van der Waals surface area contributed by atoms with Gasteiger partial charge in [-0.15, -0.1) is 22.7 Å². The lowest BCUT2D eigenvalue weighted by Crippen LogP contribution is -2.63. The highest BCUT2D eigenvalue weighted by atomic mass is 32.1. The first-order valence-electron chi connectivity index (χ1n) is 10.0. The van der Waals surface area contributed by atoms with Crippen LogP contribution in [-0.2, 0) is 22.7 Å². The quantitative estimate of drug-likeness (QED) is 0.679. The molecule has 3 aliphatic rings. The lowest BCUT2D eigenvalue weighted by Gasteiger charge is -2.46. The number of carbonyl (C=O) groups excluding carboxylic acids is 2. The molecule has 5 heterocycles. The van der Waals surface area contributed by atoms with Gasteiger partial charge < -0.3 is 20.0 Å². The molecular weight excluding hydrogens is 438 g/mol. The van der Waals surface area contributed by atoms with E-state index < -0.39 is 18.0 Å². The lowest BCUT2D eigenvalue weighted by molar-refractivity contribution is -0.163. The Balaban J connectivity index is 1.45. The fourth-order valence-corrected chi connectivity index (χ4v) is 7.09. The van der Waals surface area contributed by atoms with E-state index in [-0.39, 0.29) is 29.5 Å². The molecule has 2 N–H and O–H groups in total. The number of aliphatic carboxylic acids is 1. The van der Waals surface area contributed by atoms with E-state index >= 15 is 0 Å². The molecule has 0 aromatic carbocycles. The first-order chi connectivity index (χ1) is 14.7. The Morgan fingerprint density at radius 2 is 2.06 bits per heavy atom. The van der Waals surface area contributed by atoms with Crippen molar-refractivity contribution in [2.24, 2.45) is 11.8 Å². The smallest absolute Gasteiger partial charge is 0.352 e. The number of hydrogen-bond acceptors (Lipinski definition) is 7. The number of aryl methyl sites for hydroxylation is 1. The van der Waals surface area contributed by atoms with Crippen LogP contribution in [-0.4, -0.2) is 54.9 Å². The van der Waals surface area contributed by atoms with Crippen molar-refractivity contribution >= 4 is 46.0 Å². The zero-order chi connectivity index (χ0) is 22.2. The molecule has 10 heteroatoms. The fourth-order valence-electron chi connectivity index (χ4n) is 4.99. The molecule has 2 aromatic rings. The topological polar surface area (TPSA) is 111 Å². The number of carbonyl (C=O) groups is 3. The van der Waals surface area contributed by atoms with Crippen molar-refractivity contribution in [3.05, 3.63) is 43.2 Å². The van der Waals surface area contributed by atoms with Gasteiger partial charge in [0.1, 0.15) is 10.6 Å². The molecule has 3 aliphatic heterocycles. The van der Waals surface area contributed by atoms with Gasteiger partial charge >= 0.3 is 5.97 Å². The van der Waals surface area contributed by atoms with E-state index in [2.05, 4.69) is 4.98 Å². The first-order valence-corrected chi connectivity index (χ1v) is 11.7. The van der Waals surface area contributed by atoms with Gasteiger partial charge in [0.15, 0.2) is 0 Å². The lowest BCUT2D eigenvalue weighted by atomic mass is 9.77. The van der Waals surface area contributed by atoms with Gasteiger partial charge in [0, 0.05) is 27.8 Å². The average molecular weight is 460 g/mol. The third kappa shape index (κ3) is 2.81.